The number of aliphatic hydroxyl groups is 2. The standard InChI is InChI=1S/C19H37N3O6/c1-13-17(22-14(2)24)19(28-15(12-23)18(13)26)27-11-7-8-16(25)21-10-6-4-3-5-9-20/h13,15,17-19,23,26H,3-12,20H2,1-2H3,(H,21,25)(H,22,24). The van der Waals surface area contributed by atoms with E-state index in [9.17, 15) is 19.8 Å². The normalized spacial score (nSPS) is 27.4. The summed E-state index contributed by atoms with van der Waals surface area (Å²) in [5.74, 6) is -0.626. The average Bonchev–Trinajstić information content (AvgIpc) is 2.66. The van der Waals surface area contributed by atoms with Crippen LogP contribution in [0.3, 0.4) is 0 Å². The third-order valence-electron chi connectivity index (χ3n) is 4.92. The van der Waals surface area contributed by atoms with Crippen LogP contribution in [0.25, 0.3) is 0 Å². The second-order valence-electron chi connectivity index (χ2n) is 7.33. The molecule has 0 saturated carbocycles. The first-order valence-corrected chi connectivity index (χ1v) is 10.2. The van der Waals surface area contributed by atoms with Gasteiger partial charge in [-0.05, 0) is 25.8 Å². The van der Waals surface area contributed by atoms with E-state index in [1.54, 1.807) is 6.92 Å². The van der Waals surface area contributed by atoms with E-state index in [2.05, 4.69) is 10.6 Å². The summed E-state index contributed by atoms with van der Waals surface area (Å²) in [6.45, 7) is 4.45. The van der Waals surface area contributed by atoms with Gasteiger partial charge in [0.1, 0.15) is 6.10 Å². The van der Waals surface area contributed by atoms with E-state index < -0.39 is 24.5 Å². The van der Waals surface area contributed by atoms with Crippen molar-refractivity contribution in [3.8, 4) is 0 Å². The Hall–Kier alpha value is -1.26. The maximum atomic E-state index is 11.8. The number of unbranched alkanes of at least 4 members (excludes halogenated alkanes) is 3. The van der Waals surface area contributed by atoms with Crippen LogP contribution in [0.5, 0.6) is 0 Å². The molecule has 1 aliphatic rings. The lowest BCUT2D eigenvalue weighted by Crippen LogP contribution is -2.61. The summed E-state index contributed by atoms with van der Waals surface area (Å²) in [7, 11) is 0. The molecule has 0 radical (unpaired) electrons. The molecule has 164 valence electrons. The second-order valence-corrected chi connectivity index (χ2v) is 7.33. The van der Waals surface area contributed by atoms with Gasteiger partial charge in [0.05, 0.1) is 25.4 Å². The molecule has 1 fully saturated rings. The molecule has 1 rings (SSSR count). The molecule has 0 aliphatic carbocycles. The quantitative estimate of drug-likeness (QED) is 0.264. The molecule has 0 spiro atoms. The van der Waals surface area contributed by atoms with Crippen molar-refractivity contribution in [2.24, 2.45) is 11.7 Å². The molecule has 6 N–H and O–H groups in total. The van der Waals surface area contributed by atoms with Crippen molar-refractivity contribution in [3.05, 3.63) is 0 Å². The van der Waals surface area contributed by atoms with Crippen molar-refractivity contribution >= 4 is 11.8 Å². The van der Waals surface area contributed by atoms with Crippen molar-refractivity contribution < 1.29 is 29.3 Å². The molecule has 1 heterocycles. The number of carbonyl (C=O) groups is 2. The lowest BCUT2D eigenvalue weighted by atomic mass is 9.89. The number of hydrogen-bond acceptors (Lipinski definition) is 7. The van der Waals surface area contributed by atoms with Crippen molar-refractivity contribution in [3.63, 3.8) is 0 Å². The van der Waals surface area contributed by atoms with Gasteiger partial charge in [0.25, 0.3) is 0 Å². The molecule has 9 nitrogen and oxygen atoms in total. The van der Waals surface area contributed by atoms with Gasteiger partial charge in [0.15, 0.2) is 6.29 Å². The zero-order chi connectivity index (χ0) is 20.9. The first-order valence-electron chi connectivity index (χ1n) is 10.2. The van der Waals surface area contributed by atoms with Crippen molar-refractivity contribution in [1.82, 2.24) is 10.6 Å². The maximum absolute atomic E-state index is 11.8. The van der Waals surface area contributed by atoms with Gasteiger partial charge in [0.2, 0.25) is 11.8 Å². The molecule has 2 amide bonds. The Bertz CT molecular complexity index is 465. The van der Waals surface area contributed by atoms with Crippen LogP contribution in [0.4, 0.5) is 0 Å². The fourth-order valence-corrected chi connectivity index (χ4v) is 3.24. The van der Waals surface area contributed by atoms with Crippen LogP contribution in [0.15, 0.2) is 0 Å². The monoisotopic (exact) mass is 403 g/mol. The lowest BCUT2D eigenvalue weighted by Gasteiger charge is -2.43. The second kappa shape index (κ2) is 13.8. The molecule has 1 aliphatic heterocycles. The Kier molecular flexibility index (Phi) is 12.2. The maximum Gasteiger partial charge on any atom is 0.220 e. The van der Waals surface area contributed by atoms with Gasteiger partial charge < -0.3 is 36.1 Å². The number of nitrogens with one attached hydrogen (secondary N) is 2. The average molecular weight is 404 g/mol. The summed E-state index contributed by atoms with van der Waals surface area (Å²) >= 11 is 0. The summed E-state index contributed by atoms with van der Waals surface area (Å²) < 4.78 is 11.3. The molecule has 0 aromatic carbocycles. The zero-order valence-corrected chi connectivity index (χ0v) is 17.1. The van der Waals surface area contributed by atoms with Crippen LogP contribution < -0.4 is 16.4 Å². The number of rotatable bonds is 13. The number of hydrogen-bond donors (Lipinski definition) is 5. The van der Waals surface area contributed by atoms with Gasteiger partial charge in [0, 0.05) is 25.8 Å². The predicted octanol–water partition coefficient (Wildman–Crippen LogP) is -0.363. The van der Waals surface area contributed by atoms with E-state index in [1.807, 2.05) is 0 Å². The molecular formula is C19H37N3O6. The van der Waals surface area contributed by atoms with Crippen molar-refractivity contribution in [1.29, 1.82) is 0 Å². The lowest BCUT2D eigenvalue weighted by molar-refractivity contribution is -0.257. The van der Waals surface area contributed by atoms with Gasteiger partial charge in [-0.15, -0.1) is 0 Å². The number of ether oxygens (including phenoxy) is 2. The highest BCUT2D eigenvalue weighted by Gasteiger charge is 2.43. The third-order valence-corrected chi connectivity index (χ3v) is 4.92. The topological polar surface area (TPSA) is 143 Å². The van der Waals surface area contributed by atoms with Crippen LogP contribution in [0.2, 0.25) is 0 Å². The minimum atomic E-state index is -0.905. The van der Waals surface area contributed by atoms with E-state index >= 15 is 0 Å². The number of nitrogens with two attached hydrogens (primary N) is 1. The number of aliphatic hydroxyl groups excluding tert-OH is 2. The zero-order valence-electron chi connectivity index (χ0n) is 17.1. The Balaban J connectivity index is 2.32. The minimum absolute atomic E-state index is 0.0255. The van der Waals surface area contributed by atoms with E-state index in [1.165, 1.54) is 6.92 Å². The van der Waals surface area contributed by atoms with Gasteiger partial charge in [-0.25, -0.2) is 0 Å². The fraction of sp³-hybridized carbons (Fsp3) is 0.895. The highest BCUT2D eigenvalue weighted by atomic mass is 16.7. The molecule has 0 aromatic heterocycles. The number of amides is 2. The van der Waals surface area contributed by atoms with Gasteiger partial charge in [-0.2, -0.15) is 0 Å². The van der Waals surface area contributed by atoms with Gasteiger partial charge in [-0.1, -0.05) is 19.8 Å². The van der Waals surface area contributed by atoms with Gasteiger partial charge >= 0.3 is 0 Å². The highest BCUT2D eigenvalue weighted by Crippen LogP contribution is 2.26. The Labute approximate surface area is 167 Å². The van der Waals surface area contributed by atoms with Crippen molar-refractivity contribution in [2.45, 2.75) is 76.9 Å². The van der Waals surface area contributed by atoms with Crippen molar-refractivity contribution in [2.75, 3.05) is 26.3 Å². The van der Waals surface area contributed by atoms with Crippen LogP contribution >= 0.6 is 0 Å². The molecule has 0 aromatic rings. The Morgan fingerprint density at radius 1 is 1.18 bits per heavy atom. The summed E-state index contributed by atoms with van der Waals surface area (Å²) in [4.78, 5) is 23.3. The van der Waals surface area contributed by atoms with E-state index in [0.29, 0.717) is 25.9 Å². The summed E-state index contributed by atoms with van der Waals surface area (Å²) in [5.41, 5.74) is 5.44. The first kappa shape index (κ1) is 24.8. The Morgan fingerprint density at radius 3 is 2.54 bits per heavy atom. The molecule has 5 atom stereocenters. The molecule has 1 saturated heterocycles. The highest BCUT2D eigenvalue weighted by molar-refractivity contribution is 5.75. The van der Waals surface area contributed by atoms with Crippen LogP contribution in [-0.4, -0.2) is 72.9 Å². The van der Waals surface area contributed by atoms with Crippen LogP contribution in [0.1, 0.15) is 52.4 Å². The largest absolute Gasteiger partial charge is 0.394 e. The SMILES string of the molecule is CC(=O)NC1C(OCCCC(=O)NCCCCCCN)OC(CO)C(O)C1C. The smallest absolute Gasteiger partial charge is 0.220 e. The van der Waals surface area contributed by atoms with E-state index in [0.717, 1.165) is 25.7 Å². The third kappa shape index (κ3) is 8.83. The van der Waals surface area contributed by atoms with Gasteiger partial charge in [-0.3, -0.25) is 9.59 Å². The number of carbonyl (C=O) groups excluding carboxylic acids is 2. The molecule has 0 bridgehead atoms. The molecule has 28 heavy (non-hydrogen) atoms. The Morgan fingerprint density at radius 2 is 1.89 bits per heavy atom. The summed E-state index contributed by atoms with van der Waals surface area (Å²) in [6, 6.07) is -0.530. The van der Waals surface area contributed by atoms with Crippen LogP contribution in [0, 0.1) is 5.92 Å². The van der Waals surface area contributed by atoms with Crippen LogP contribution in [-0.2, 0) is 19.1 Å². The van der Waals surface area contributed by atoms with E-state index in [4.69, 9.17) is 15.2 Å². The summed E-state index contributed by atoms with van der Waals surface area (Å²) in [5, 5.41) is 25.2. The molecule has 5 unspecified atom stereocenters. The van der Waals surface area contributed by atoms with E-state index in [-0.39, 0.29) is 30.9 Å². The molecular weight excluding hydrogens is 366 g/mol. The fourth-order valence-electron chi connectivity index (χ4n) is 3.24. The summed E-state index contributed by atoms with van der Waals surface area (Å²) in [6.07, 6.45) is 2.48. The minimum Gasteiger partial charge on any atom is -0.394 e. The first-order chi connectivity index (χ1) is 13.4. The predicted molar refractivity (Wildman–Crippen MR) is 104 cm³/mol. The molecule has 9 heteroatoms.